The summed E-state index contributed by atoms with van der Waals surface area (Å²) in [6.07, 6.45) is 4.18. The maximum Gasteiger partial charge on any atom is 0.148 e. The van der Waals surface area contributed by atoms with Crippen molar-refractivity contribution in [1.82, 2.24) is 5.32 Å². The number of hydrogen-bond donors (Lipinski definition) is 1. The number of para-hydroxylation sites is 1. The van der Waals surface area contributed by atoms with Gasteiger partial charge in [-0.25, -0.2) is 0 Å². The number of fused-ring (bicyclic) bond motifs is 3. The second-order valence-electron chi connectivity index (χ2n) is 4.65. The van der Waals surface area contributed by atoms with Crippen LogP contribution in [0.4, 0.5) is 0 Å². The van der Waals surface area contributed by atoms with E-state index in [1.165, 1.54) is 21.6 Å². The molecule has 1 unspecified atom stereocenters. The van der Waals surface area contributed by atoms with Crippen molar-refractivity contribution in [1.29, 1.82) is 0 Å². The van der Waals surface area contributed by atoms with Crippen LogP contribution in [-0.4, -0.2) is 18.8 Å². The Kier molecular flexibility index (Phi) is 2.89. The average molecular weight is 247 g/mol. The molecule has 0 saturated carbocycles. The highest BCUT2D eigenvalue weighted by molar-refractivity contribution is 7.98. The second-order valence-corrected chi connectivity index (χ2v) is 5.50. The Hall–Kier alpha value is -0.930. The van der Waals surface area contributed by atoms with E-state index >= 15 is 0 Å². The highest BCUT2D eigenvalue weighted by Gasteiger charge is 2.20. The third-order valence-electron chi connectivity index (χ3n) is 3.45. The molecule has 1 atom stereocenters. The van der Waals surface area contributed by atoms with E-state index in [0.29, 0.717) is 6.04 Å². The van der Waals surface area contributed by atoms with Gasteiger partial charge in [0.25, 0.3) is 0 Å². The van der Waals surface area contributed by atoms with Gasteiger partial charge in [-0.1, -0.05) is 12.1 Å². The van der Waals surface area contributed by atoms with Crippen molar-refractivity contribution in [3.05, 3.63) is 29.5 Å². The van der Waals surface area contributed by atoms with Gasteiger partial charge in [0.2, 0.25) is 0 Å². The fraction of sp³-hybridized carbons (Fsp3) is 0.429. The van der Waals surface area contributed by atoms with E-state index < -0.39 is 0 Å². The van der Waals surface area contributed by atoms with Gasteiger partial charge in [0, 0.05) is 23.4 Å². The molecule has 0 aliphatic carbocycles. The second kappa shape index (κ2) is 4.39. The molecule has 0 amide bonds. The van der Waals surface area contributed by atoms with Gasteiger partial charge in [-0.05, 0) is 32.2 Å². The molecule has 90 valence electrons. The molecule has 1 aliphatic heterocycles. The number of rotatable bonds is 1. The van der Waals surface area contributed by atoms with E-state index in [4.69, 9.17) is 4.42 Å². The zero-order valence-corrected chi connectivity index (χ0v) is 11.1. The summed E-state index contributed by atoms with van der Waals surface area (Å²) < 4.78 is 6.10. The number of thioether (sulfide) groups is 1. The van der Waals surface area contributed by atoms with Gasteiger partial charge in [-0.15, -0.1) is 11.8 Å². The first-order valence-corrected chi connectivity index (χ1v) is 7.32. The summed E-state index contributed by atoms with van der Waals surface area (Å²) in [6, 6.07) is 6.96. The maximum absolute atomic E-state index is 6.10. The lowest BCUT2D eigenvalue weighted by molar-refractivity contribution is 0.492. The lowest BCUT2D eigenvalue weighted by Gasteiger charge is -2.07. The standard InChI is InChI=1S/C14H17NOS/c1-9-8-12-10(6-7-15-9)11-4-3-5-13(17-2)14(11)16-12/h3-5,9,15H,6-8H2,1-2H3. The van der Waals surface area contributed by atoms with Gasteiger partial charge in [-0.3, -0.25) is 0 Å². The lowest BCUT2D eigenvalue weighted by Crippen LogP contribution is -2.27. The molecule has 0 fully saturated rings. The van der Waals surface area contributed by atoms with E-state index in [9.17, 15) is 0 Å². The highest BCUT2D eigenvalue weighted by Crippen LogP contribution is 2.34. The monoisotopic (exact) mass is 247 g/mol. The van der Waals surface area contributed by atoms with Gasteiger partial charge in [0.15, 0.2) is 0 Å². The average Bonchev–Trinajstić information content (AvgIpc) is 2.56. The number of furan rings is 1. The minimum absolute atomic E-state index is 0.509. The SMILES string of the molecule is CSc1cccc2c3c(oc12)CC(C)NCC3. The summed E-state index contributed by atoms with van der Waals surface area (Å²) in [7, 11) is 0. The molecule has 2 aromatic rings. The largest absolute Gasteiger partial charge is 0.460 e. The van der Waals surface area contributed by atoms with Crippen molar-refractivity contribution in [3.8, 4) is 0 Å². The molecule has 0 spiro atoms. The third kappa shape index (κ3) is 1.87. The highest BCUT2D eigenvalue weighted by atomic mass is 32.2. The van der Waals surface area contributed by atoms with Crippen LogP contribution in [0.3, 0.4) is 0 Å². The van der Waals surface area contributed by atoms with E-state index in [1.54, 1.807) is 11.8 Å². The summed E-state index contributed by atoms with van der Waals surface area (Å²) in [5.41, 5.74) is 2.49. The predicted octanol–water partition coefficient (Wildman–Crippen LogP) is 3.23. The summed E-state index contributed by atoms with van der Waals surface area (Å²) >= 11 is 1.76. The van der Waals surface area contributed by atoms with Crippen LogP contribution in [0.15, 0.2) is 27.5 Å². The number of benzene rings is 1. The Labute approximate surface area is 106 Å². The molecule has 2 nitrogen and oxygen atoms in total. The van der Waals surface area contributed by atoms with Crippen LogP contribution >= 0.6 is 11.8 Å². The normalized spacial score (nSPS) is 20.2. The zero-order valence-electron chi connectivity index (χ0n) is 10.2. The van der Waals surface area contributed by atoms with Gasteiger partial charge in [0.05, 0.1) is 4.90 Å². The smallest absolute Gasteiger partial charge is 0.148 e. The fourth-order valence-electron chi connectivity index (χ4n) is 2.59. The van der Waals surface area contributed by atoms with Crippen molar-refractivity contribution in [2.75, 3.05) is 12.8 Å². The van der Waals surface area contributed by atoms with Crippen LogP contribution in [0.1, 0.15) is 18.2 Å². The molecule has 0 bridgehead atoms. The number of nitrogens with one attached hydrogen (secondary N) is 1. The molecule has 1 N–H and O–H groups in total. The quantitative estimate of drug-likeness (QED) is 0.783. The lowest BCUT2D eigenvalue weighted by atomic mass is 10.1. The Morgan fingerprint density at radius 3 is 3.12 bits per heavy atom. The van der Waals surface area contributed by atoms with Crippen LogP contribution < -0.4 is 5.32 Å². The van der Waals surface area contributed by atoms with Crippen molar-refractivity contribution >= 4 is 22.7 Å². The first kappa shape index (κ1) is 11.2. The first-order chi connectivity index (χ1) is 8.29. The predicted molar refractivity (Wildman–Crippen MR) is 72.9 cm³/mol. The molecule has 1 aromatic carbocycles. The molecular weight excluding hydrogens is 230 g/mol. The van der Waals surface area contributed by atoms with Gasteiger partial charge in [-0.2, -0.15) is 0 Å². The Morgan fingerprint density at radius 2 is 2.29 bits per heavy atom. The topological polar surface area (TPSA) is 25.2 Å². The molecule has 0 saturated heterocycles. The van der Waals surface area contributed by atoms with Crippen molar-refractivity contribution in [3.63, 3.8) is 0 Å². The van der Waals surface area contributed by atoms with Gasteiger partial charge in [0.1, 0.15) is 11.3 Å². The third-order valence-corrected chi connectivity index (χ3v) is 4.21. The van der Waals surface area contributed by atoms with E-state index in [1.807, 2.05) is 0 Å². The molecule has 3 rings (SSSR count). The molecule has 2 heterocycles. The summed E-state index contributed by atoms with van der Waals surface area (Å²) in [5.74, 6) is 1.18. The fourth-order valence-corrected chi connectivity index (χ4v) is 3.14. The van der Waals surface area contributed by atoms with Crippen LogP contribution in [0.5, 0.6) is 0 Å². The van der Waals surface area contributed by atoms with E-state index in [-0.39, 0.29) is 0 Å². The minimum Gasteiger partial charge on any atom is -0.460 e. The summed E-state index contributed by atoms with van der Waals surface area (Å²) in [5, 5.41) is 4.81. The molecule has 1 aliphatic rings. The van der Waals surface area contributed by atoms with Crippen LogP contribution in [0.2, 0.25) is 0 Å². The minimum atomic E-state index is 0.509. The number of hydrogen-bond acceptors (Lipinski definition) is 3. The van der Waals surface area contributed by atoms with E-state index in [0.717, 1.165) is 25.0 Å². The van der Waals surface area contributed by atoms with Gasteiger partial charge >= 0.3 is 0 Å². The van der Waals surface area contributed by atoms with Crippen molar-refractivity contribution in [2.45, 2.75) is 30.7 Å². The van der Waals surface area contributed by atoms with Crippen LogP contribution in [0, 0.1) is 0 Å². The van der Waals surface area contributed by atoms with Crippen LogP contribution in [0.25, 0.3) is 11.0 Å². The summed E-state index contributed by atoms with van der Waals surface area (Å²) in [4.78, 5) is 1.25. The van der Waals surface area contributed by atoms with Gasteiger partial charge < -0.3 is 9.73 Å². The Balaban J connectivity index is 2.20. The molecule has 0 radical (unpaired) electrons. The molecule has 1 aromatic heterocycles. The first-order valence-electron chi connectivity index (χ1n) is 6.10. The van der Waals surface area contributed by atoms with Crippen LogP contribution in [-0.2, 0) is 12.8 Å². The van der Waals surface area contributed by atoms with Crippen molar-refractivity contribution < 1.29 is 4.42 Å². The van der Waals surface area contributed by atoms with E-state index in [2.05, 4.69) is 36.7 Å². The van der Waals surface area contributed by atoms with Crippen molar-refractivity contribution in [2.24, 2.45) is 0 Å². The summed E-state index contributed by atoms with van der Waals surface area (Å²) in [6.45, 7) is 3.27. The Morgan fingerprint density at radius 1 is 1.41 bits per heavy atom. The molecule has 3 heteroatoms. The molecular formula is C14H17NOS. The Bertz CT molecular complexity index is 546. The zero-order chi connectivity index (χ0) is 11.8. The molecule has 17 heavy (non-hydrogen) atoms. The maximum atomic E-state index is 6.10.